The monoisotopic (exact) mass is 384 g/mol. The van der Waals surface area contributed by atoms with Gasteiger partial charge in [0.1, 0.15) is 0 Å². The summed E-state index contributed by atoms with van der Waals surface area (Å²) in [6, 6.07) is 5.45. The Labute approximate surface area is 165 Å². The highest BCUT2D eigenvalue weighted by molar-refractivity contribution is 5.97. The molecule has 0 radical (unpaired) electrons. The van der Waals surface area contributed by atoms with Crippen molar-refractivity contribution in [3.63, 3.8) is 0 Å². The summed E-state index contributed by atoms with van der Waals surface area (Å²) in [4.78, 5) is 25.9. The fourth-order valence-electron chi connectivity index (χ4n) is 4.56. The molecule has 7 heteroatoms. The normalized spacial score (nSPS) is 28.8. The maximum Gasteiger partial charge on any atom is 0.253 e. The number of aliphatic hydroxyl groups excluding tert-OH is 1. The third kappa shape index (κ3) is 4.01. The molecule has 4 atom stereocenters. The van der Waals surface area contributed by atoms with Crippen molar-refractivity contribution < 1.29 is 14.6 Å². The number of benzene rings is 1. The Kier molecular flexibility index (Phi) is 5.57. The van der Waals surface area contributed by atoms with Crippen LogP contribution in [0.2, 0.25) is 0 Å². The van der Waals surface area contributed by atoms with E-state index in [4.69, 9.17) is 4.74 Å². The minimum Gasteiger partial charge on any atom is -0.396 e. The van der Waals surface area contributed by atoms with Gasteiger partial charge in [-0.15, -0.1) is 0 Å². The molecule has 1 N–H and O–H groups in total. The zero-order chi connectivity index (χ0) is 19.7. The second-order valence-electron chi connectivity index (χ2n) is 8.15. The molecule has 3 heterocycles. The van der Waals surface area contributed by atoms with E-state index in [9.17, 15) is 9.90 Å². The van der Waals surface area contributed by atoms with E-state index in [0.717, 1.165) is 30.7 Å². The van der Waals surface area contributed by atoms with Gasteiger partial charge in [-0.1, -0.05) is 0 Å². The van der Waals surface area contributed by atoms with Crippen LogP contribution in [-0.2, 0) is 4.74 Å². The molecular formula is C21H28N4O3. The molecule has 2 aromatic rings. The number of carbonyl (C=O) groups excluding carboxylic acids is 1. The Hall–Kier alpha value is -2.09. The van der Waals surface area contributed by atoms with Crippen LogP contribution in [0, 0.1) is 11.8 Å². The fraction of sp³-hybridized carbons (Fsp3) is 0.571. The van der Waals surface area contributed by atoms with E-state index < -0.39 is 0 Å². The quantitative estimate of drug-likeness (QED) is 0.859. The highest BCUT2D eigenvalue weighted by Crippen LogP contribution is 2.27. The summed E-state index contributed by atoms with van der Waals surface area (Å²) >= 11 is 0. The van der Waals surface area contributed by atoms with Gasteiger partial charge in [-0.25, -0.2) is 0 Å². The number of aromatic nitrogens is 2. The summed E-state index contributed by atoms with van der Waals surface area (Å²) < 4.78 is 5.82. The molecule has 1 amide bonds. The van der Waals surface area contributed by atoms with E-state index in [1.54, 1.807) is 18.5 Å². The molecule has 1 aromatic heterocycles. The van der Waals surface area contributed by atoms with Crippen molar-refractivity contribution in [2.75, 3.05) is 39.3 Å². The van der Waals surface area contributed by atoms with Crippen molar-refractivity contribution >= 4 is 16.9 Å². The lowest BCUT2D eigenvalue weighted by molar-refractivity contribution is -0.0726. The molecule has 2 aliphatic heterocycles. The topological polar surface area (TPSA) is 78.8 Å². The van der Waals surface area contributed by atoms with E-state index in [1.165, 1.54) is 0 Å². The first-order valence-corrected chi connectivity index (χ1v) is 10.0. The summed E-state index contributed by atoms with van der Waals surface area (Å²) in [5.41, 5.74) is 2.13. The smallest absolute Gasteiger partial charge is 0.253 e. The standard InChI is InChI=1S/C21H28N4O3/c1-14-8-24(9-15(2)28-14)10-17-11-25(12-18(17)13-26)21(27)16-3-4-19-20(7-16)23-6-5-22-19/h3-7,14-15,17-18,26H,8-13H2,1-2H3/t14-,15+,17-,18-/m1/s1. The zero-order valence-electron chi connectivity index (χ0n) is 16.5. The van der Waals surface area contributed by atoms with Gasteiger partial charge in [0.25, 0.3) is 5.91 Å². The van der Waals surface area contributed by atoms with Gasteiger partial charge in [0, 0.05) is 63.2 Å². The molecule has 0 unspecified atom stereocenters. The number of hydrogen-bond acceptors (Lipinski definition) is 6. The average molecular weight is 384 g/mol. The Morgan fingerprint density at radius 1 is 1.07 bits per heavy atom. The number of likely N-dealkylation sites (tertiary alicyclic amines) is 1. The van der Waals surface area contributed by atoms with Crippen LogP contribution in [0.4, 0.5) is 0 Å². The average Bonchev–Trinajstić information content (AvgIpc) is 3.09. The minimum absolute atomic E-state index is 0.00258. The van der Waals surface area contributed by atoms with E-state index >= 15 is 0 Å². The first kappa shape index (κ1) is 19.2. The first-order valence-electron chi connectivity index (χ1n) is 10.0. The molecular weight excluding hydrogens is 356 g/mol. The summed E-state index contributed by atoms with van der Waals surface area (Å²) in [5, 5.41) is 9.88. The Bertz CT molecular complexity index is 835. The molecule has 2 fully saturated rings. The number of amides is 1. The number of ether oxygens (including phenoxy) is 1. The lowest BCUT2D eigenvalue weighted by Gasteiger charge is -2.37. The van der Waals surface area contributed by atoms with Crippen LogP contribution in [0.5, 0.6) is 0 Å². The minimum atomic E-state index is -0.00258. The van der Waals surface area contributed by atoms with Crippen molar-refractivity contribution in [2.24, 2.45) is 11.8 Å². The molecule has 4 rings (SSSR count). The Morgan fingerprint density at radius 2 is 1.75 bits per heavy atom. The number of carbonyl (C=O) groups is 1. The van der Waals surface area contributed by atoms with E-state index in [0.29, 0.717) is 18.7 Å². The van der Waals surface area contributed by atoms with Crippen molar-refractivity contribution in [3.8, 4) is 0 Å². The van der Waals surface area contributed by atoms with Crippen LogP contribution >= 0.6 is 0 Å². The predicted octanol–water partition coefficient (Wildman–Crippen LogP) is 1.42. The van der Waals surface area contributed by atoms with Crippen LogP contribution in [0.15, 0.2) is 30.6 Å². The molecule has 2 aliphatic rings. The number of aliphatic hydroxyl groups is 1. The third-order valence-electron chi connectivity index (χ3n) is 5.80. The van der Waals surface area contributed by atoms with Gasteiger partial charge in [-0.2, -0.15) is 0 Å². The Morgan fingerprint density at radius 3 is 2.46 bits per heavy atom. The molecule has 2 saturated heterocycles. The molecule has 150 valence electrons. The van der Waals surface area contributed by atoms with E-state index in [-0.39, 0.29) is 36.6 Å². The van der Waals surface area contributed by atoms with Crippen LogP contribution in [-0.4, -0.2) is 82.3 Å². The zero-order valence-corrected chi connectivity index (χ0v) is 16.5. The van der Waals surface area contributed by atoms with Crippen LogP contribution in [0.3, 0.4) is 0 Å². The van der Waals surface area contributed by atoms with Crippen molar-refractivity contribution in [1.29, 1.82) is 0 Å². The van der Waals surface area contributed by atoms with Crippen LogP contribution < -0.4 is 0 Å². The third-order valence-corrected chi connectivity index (χ3v) is 5.80. The molecule has 0 bridgehead atoms. The summed E-state index contributed by atoms with van der Waals surface area (Å²) in [6.07, 6.45) is 3.71. The Balaban J connectivity index is 1.45. The molecule has 0 aliphatic carbocycles. The van der Waals surface area contributed by atoms with Gasteiger partial charge in [0.05, 0.1) is 23.2 Å². The first-order chi connectivity index (χ1) is 13.5. The van der Waals surface area contributed by atoms with Gasteiger partial charge < -0.3 is 14.7 Å². The largest absolute Gasteiger partial charge is 0.396 e. The van der Waals surface area contributed by atoms with Gasteiger partial charge in [0.2, 0.25) is 0 Å². The lowest BCUT2D eigenvalue weighted by atomic mass is 9.96. The summed E-state index contributed by atoms with van der Waals surface area (Å²) in [5.74, 6) is 0.376. The second kappa shape index (κ2) is 8.11. The maximum absolute atomic E-state index is 13.1. The van der Waals surface area contributed by atoms with Crippen molar-refractivity contribution in [1.82, 2.24) is 19.8 Å². The van der Waals surface area contributed by atoms with Gasteiger partial charge >= 0.3 is 0 Å². The van der Waals surface area contributed by atoms with E-state index in [2.05, 4.69) is 28.7 Å². The number of nitrogens with zero attached hydrogens (tertiary/aromatic N) is 4. The van der Waals surface area contributed by atoms with Crippen molar-refractivity contribution in [2.45, 2.75) is 26.1 Å². The highest BCUT2D eigenvalue weighted by Gasteiger charge is 2.37. The number of morpholine rings is 1. The molecule has 1 aromatic carbocycles. The van der Waals surface area contributed by atoms with Crippen molar-refractivity contribution in [3.05, 3.63) is 36.2 Å². The highest BCUT2D eigenvalue weighted by atomic mass is 16.5. The maximum atomic E-state index is 13.1. The number of rotatable bonds is 4. The fourth-order valence-corrected chi connectivity index (χ4v) is 4.56. The SMILES string of the molecule is C[C@@H]1CN(C[C@@H]2CN(C(=O)c3ccc4nccnc4c3)C[C@@H]2CO)C[C@H](C)O1. The van der Waals surface area contributed by atoms with Gasteiger partial charge in [-0.3, -0.25) is 19.7 Å². The summed E-state index contributed by atoms with van der Waals surface area (Å²) in [6.45, 7) is 8.24. The van der Waals surface area contributed by atoms with E-state index in [1.807, 2.05) is 17.0 Å². The van der Waals surface area contributed by atoms with Gasteiger partial charge in [0.15, 0.2) is 0 Å². The molecule has 7 nitrogen and oxygen atoms in total. The predicted molar refractivity (Wildman–Crippen MR) is 106 cm³/mol. The molecule has 0 saturated carbocycles. The van der Waals surface area contributed by atoms with Gasteiger partial charge in [-0.05, 0) is 38.0 Å². The summed E-state index contributed by atoms with van der Waals surface area (Å²) in [7, 11) is 0. The molecule has 0 spiro atoms. The second-order valence-corrected chi connectivity index (χ2v) is 8.15. The lowest BCUT2D eigenvalue weighted by Crippen LogP contribution is -2.48. The number of fused-ring (bicyclic) bond motifs is 1. The number of hydrogen-bond donors (Lipinski definition) is 1. The van der Waals surface area contributed by atoms with Crippen LogP contribution in [0.25, 0.3) is 11.0 Å². The van der Waals surface area contributed by atoms with Crippen LogP contribution in [0.1, 0.15) is 24.2 Å². The molecule has 28 heavy (non-hydrogen) atoms.